The van der Waals surface area contributed by atoms with Crippen molar-refractivity contribution in [1.29, 1.82) is 0 Å². The lowest BCUT2D eigenvalue weighted by Crippen LogP contribution is -2.55. The summed E-state index contributed by atoms with van der Waals surface area (Å²) in [5, 5.41) is 14.5. The minimum absolute atomic E-state index is 0.0348. The lowest BCUT2D eigenvalue weighted by atomic mass is 10.1. The van der Waals surface area contributed by atoms with Crippen LogP contribution in [0, 0.1) is 0 Å². The van der Waals surface area contributed by atoms with Crippen LogP contribution < -0.4 is 27.8 Å². The highest BCUT2D eigenvalue weighted by Gasteiger charge is 2.42. The molecule has 0 spiro atoms. The molecule has 0 radical (unpaired) electrons. The SMILES string of the molecule is NC(N)=NCCCC(N)C(=O)N1CCCC1C(=O)N1CCCC1C(=O)NCC(=O)NC(Cc1ccccc1)C(=O)O. The van der Waals surface area contributed by atoms with Crippen molar-refractivity contribution < 1.29 is 29.1 Å². The number of carbonyl (C=O) groups is 5. The normalized spacial score (nSPS) is 19.7. The number of carboxylic acid groups (broad SMARTS) is 1. The van der Waals surface area contributed by atoms with Gasteiger partial charge < -0.3 is 42.7 Å². The van der Waals surface area contributed by atoms with Crippen LogP contribution in [0.25, 0.3) is 0 Å². The number of rotatable bonds is 13. The number of hydrogen-bond donors (Lipinski definition) is 6. The fourth-order valence-corrected chi connectivity index (χ4v) is 5.22. The van der Waals surface area contributed by atoms with Crippen LogP contribution >= 0.6 is 0 Å². The molecule has 14 nitrogen and oxygen atoms in total. The summed E-state index contributed by atoms with van der Waals surface area (Å²) in [6, 6.07) is 5.42. The molecule has 0 bridgehead atoms. The van der Waals surface area contributed by atoms with Crippen molar-refractivity contribution in [2.24, 2.45) is 22.2 Å². The maximum Gasteiger partial charge on any atom is 0.326 e. The van der Waals surface area contributed by atoms with Gasteiger partial charge >= 0.3 is 5.97 Å². The van der Waals surface area contributed by atoms with Gasteiger partial charge in [-0.2, -0.15) is 0 Å². The predicted molar refractivity (Wildman–Crippen MR) is 150 cm³/mol. The molecule has 224 valence electrons. The van der Waals surface area contributed by atoms with Crippen molar-refractivity contribution in [1.82, 2.24) is 20.4 Å². The van der Waals surface area contributed by atoms with Crippen molar-refractivity contribution in [3.63, 3.8) is 0 Å². The van der Waals surface area contributed by atoms with E-state index in [1.54, 1.807) is 30.3 Å². The first kappa shape index (κ1) is 31.3. The number of likely N-dealkylation sites (tertiary alicyclic amines) is 2. The molecule has 14 heteroatoms. The molecule has 2 heterocycles. The molecule has 4 unspecified atom stereocenters. The predicted octanol–water partition coefficient (Wildman–Crippen LogP) is -1.72. The van der Waals surface area contributed by atoms with E-state index >= 15 is 0 Å². The largest absolute Gasteiger partial charge is 0.480 e. The van der Waals surface area contributed by atoms with E-state index < -0.39 is 48.5 Å². The van der Waals surface area contributed by atoms with Crippen molar-refractivity contribution in [3.05, 3.63) is 35.9 Å². The fourth-order valence-electron chi connectivity index (χ4n) is 5.22. The van der Waals surface area contributed by atoms with E-state index in [1.807, 2.05) is 0 Å². The molecule has 9 N–H and O–H groups in total. The first-order valence-electron chi connectivity index (χ1n) is 13.8. The monoisotopic (exact) mass is 572 g/mol. The molecule has 0 aromatic heterocycles. The molecule has 2 aliphatic rings. The second kappa shape index (κ2) is 15.0. The average Bonchev–Trinajstić information content (AvgIpc) is 3.64. The molecule has 2 aliphatic heterocycles. The summed E-state index contributed by atoms with van der Waals surface area (Å²) in [7, 11) is 0. The highest BCUT2D eigenvalue weighted by atomic mass is 16.4. The number of benzene rings is 1. The van der Waals surface area contributed by atoms with Crippen LogP contribution in [0.2, 0.25) is 0 Å². The molecular weight excluding hydrogens is 532 g/mol. The van der Waals surface area contributed by atoms with Crippen LogP contribution in [-0.4, -0.2) is 101 Å². The molecule has 4 amide bonds. The first-order chi connectivity index (χ1) is 19.6. The van der Waals surface area contributed by atoms with E-state index in [0.29, 0.717) is 58.2 Å². The van der Waals surface area contributed by atoms with Crippen LogP contribution in [0.5, 0.6) is 0 Å². The number of amides is 4. The lowest BCUT2D eigenvalue weighted by molar-refractivity contribution is -0.147. The number of hydrogen-bond acceptors (Lipinski definition) is 7. The van der Waals surface area contributed by atoms with Gasteiger partial charge in [0.05, 0.1) is 12.6 Å². The summed E-state index contributed by atoms with van der Waals surface area (Å²) in [5.74, 6) is -3.03. The highest BCUT2D eigenvalue weighted by molar-refractivity contribution is 5.95. The molecule has 2 saturated heterocycles. The Bertz CT molecular complexity index is 1130. The first-order valence-corrected chi connectivity index (χ1v) is 13.8. The summed E-state index contributed by atoms with van der Waals surface area (Å²) in [6.07, 6.45) is 3.08. The molecule has 1 aromatic rings. The number of aliphatic imine (C=N–C) groups is 1. The summed E-state index contributed by atoms with van der Waals surface area (Å²) < 4.78 is 0. The Balaban J connectivity index is 1.53. The van der Waals surface area contributed by atoms with E-state index in [1.165, 1.54) is 9.80 Å². The van der Waals surface area contributed by atoms with E-state index in [4.69, 9.17) is 17.2 Å². The zero-order valence-electron chi connectivity index (χ0n) is 23.0. The van der Waals surface area contributed by atoms with E-state index in [-0.39, 0.29) is 24.2 Å². The third-order valence-electron chi connectivity index (χ3n) is 7.28. The van der Waals surface area contributed by atoms with Gasteiger partial charge in [0, 0.05) is 26.1 Å². The van der Waals surface area contributed by atoms with Crippen molar-refractivity contribution in [2.75, 3.05) is 26.2 Å². The number of nitrogens with two attached hydrogens (primary N) is 3. The van der Waals surface area contributed by atoms with Crippen LogP contribution in [0.3, 0.4) is 0 Å². The van der Waals surface area contributed by atoms with Gasteiger partial charge in [-0.05, 0) is 44.1 Å². The molecule has 3 rings (SSSR count). The number of carboxylic acids is 1. The van der Waals surface area contributed by atoms with Gasteiger partial charge in [-0.25, -0.2) is 4.79 Å². The summed E-state index contributed by atoms with van der Waals surface area (Å²) in [5.41, 5.74) is 17.5. The van der Waals surface area contributed by atoms with Gasteiger partial charge in [0.25, 0.3) is 0 Å². The van der Waals surface area contributed by atoms with Gasteiger partial charge in [0.2, 0.25) is 23.6 Å². The third-order valence-corrected chi connectivity index (χ3v) is 7.28. The van der Waals surface area contributed by atoms with E-state index in [2.05, 4.69) is 15.6 Å². The Morgan fingerprint density at radius 3 is 2.32 bits per heavy atom. The van der Waals surface area contributed by atoms with Crippen LogP contribution in [0.15, 0.2) is 35.3 Å². The Morgan fingerprint density at radius 1 is 1.00 bits per heavy atom. The molecule has 2 fully saturated rings. The quantitative estimate of drug-likeness (QED) is 0.0896. The zero-order chi connectivity index (χ0) is 29.9. The van der Waals surface area contributed by atoms with Crippen molar-refractivity contribution in [3.8, 4) is 0 Å². The highest BCUT2D eigenvalue weighted by Crippen LogP contribution is 2.25. The van der Waals surface area contributed by atoms with Gasteiger partial charge in [0.1, 0.15) is 18.1 Å². The minimum atomic E-state index is -1.19. The number of nitrogens with one attached hydrogen (secondary N) is 2. The van der Waals surface area contributed by atoms with Gasteiger partial charge in [0.15, 0.2) is 5.96 Å². The van der Waals surface area contributed by atoms with Crippen molar-refractivity contribution >= 4 is 35.6 Å². The Hall–Kier alpha value is -4.20. The molecular formula is C27H40N8O6. The number of nitrogens with zero attached hydrogens (tertiary/aromatic N) is 3. The summed E-state index contributed by atoms with van der Waals surface area (Å²) >= 11 is 0. The van der Waals surface area contributed by atoms with Gasteiger partial charge in [-0.15, -0.1) is 0 Å². The van der Waals surface area contributed by atoms with E-state index in [0.717, 1.165) is 5.56 Å². The molecule has 4 atom stereocenters. The fraction of sp³-hybridized carbons (Fsp3) is 0.556. The average molecular weight is 573 g/mol. The van der Waals surface area contributed by atoms with Crippen LogP contribution in [-0.2, 0) is 30.4 Å². The Kier molecular flexibility index (Phi) is 11.4. The molecule has 41 heavy (non-hydrogen) atoms. The maximum absolute atomic E-state index is 13.5. The number of guanidine groups is 1. The molecule has 0 aliphatic carbocycles. The Morgan fingerprint density at radius 2 is 1.66 bits per heavy atom. The summed E-state index contributed by atoms with van der Waals surface area (Å²) in [6.45, 7) is 0.663. The Labute approximate surface area is 238 Å². The van der Waals surface area contributed by atoms with E-state index in [9.17, 15) is 29.1 Å². The lowest BCUT2D eigenvalue weighted by Gasteiger charge is -2.32. The van der Waals surface area contributed by atoms with Gasteiger partial charge in [-0.3, -0.25) is 24.2 Å². The number of aliphatic carboxylic acids is 1. The topological polar surface area (TPSA) is 227 Å². The standard InChI is InChI=1S/C27H40N8O6/c28-18(9-4-12-31-27(29)30)24(38)35-14-6-11-21(35)25(39)34-13-5-10-20(34)23(37)32-16-22(36)33-19(26(40)41)15-17-7-2-1-3-8-17/h1-3,7-8,18-21H,4-6,9-16,28H2,(H,32,37)(H,33,36)(H,40,41)(H4,29,30,31). The smallest absolute Gasteiger partial charge is 0.326 e. The second-order valence-corrected chi connectivity index (χ2v) is 10.3. The van der Waals surface area contributed by atoms with Crippen molar-refractivity contribution in [2.45, 2.75) is 69.1 Å². The minimum Gasteiger partial charge on any atom is -0.480 e. The maximum atomic E-state index is 13.5. The zero-order valence-corrected chi connectivity index (χ0v) is 23.0. The second-order valence-electron chi connectivity index (χ2n) is 10.3. The van der Waals surface area contributed by atoms with Crippen LogP contribution in [0.4, 0.5) is 0 Å². The molecule has 1 aromatic carbocycles. The van der Waals surface area contributed by atoms with Crippen LogP contribution in [0.1, 0.15) is 44.1 Å². The number of carbonyl (C=O) groups excluding carboxylic acids is 4. The third kappa shape index (κ3) is 8.90. The molecule has 0 saturated carbocycles. The van der Waals surface area contributed by atoms with Gasteiger partial charge in [-0.1, -0.05) is 30.3 Å². The summed E-state index contributed by atoms with van der Waals surface area (Å²) in [4.78, 5) is 70.4.